The number of nitrogens with one attached hydrogen (secondary N) is 1. The average molecular weight is 338 g/mol. The summed E-state index contributed by atoms with van der Waals surface area (Å²) >= 11 is 3.40. The lowest BCUT2D eigenvalue weighted by molar-refractivity contribution is 0.0409. The van der Waals surface area contributed by atoms with Crippen molar-refractivity contribution in [3.63, 3.8) is 0 Å². The van der Waals surface area contributed by atoms with Crippen molar-refractivity contribution in [1.29, 1.82) is 0 Å². The van der Waals surface area contributed by atoms with Gasteiger partial charge in [-0.3, -0.25) is 0 Å². The molecule has 2 rings (SSSR count). The molecule has 106 valence electrons. The lowest BCUT2D eigenvalue weighted by atomic mass is 10.1. The first-order valence-electron chi connectivity index (χ1n) is 6.45. The second kappa shape index (κ2) is 7.53. The van der Waals surface area contributed by atoms with Gasteiger partial charge >= 0.3 is 0 Å². The Balaban J connectivity index is 2.04. The van der Waals surface area contributed by atoms with Crippen LogP contribution in [0.15, 0.2) is 53.0 Å². The SMILES string of the molecule is CNCC(OCc1ccc(Br)cc1)c1cccc(F)c1. The summed E-state index contributed by atoms with van der Waals surface area (Å²) in [6, 6.07) is 14.5. The standard InChI is InChI=1S/C16H17BrFNO/c1-19-10-16(13-3-2-4-15(18)9-13)20-11-12-5-7-14(17)8-6-12/h2-9,16,19H,10-11H2,1H3. The molecule has 0 aliphatic rings. The summed E-state index contributed by atoms with van der Waals surface area (Å²) in [4.78, 5) is 0. The second-order valence-electron chi connectivity index (χ2n) is 4.54. The van der Waals surface area contributed by atoms with E-state index in [1.165, 1.54) is 12.1 Å². The Hall–Kier alpha value is -1.23. The summed E-state index contributed by atoms with van der Waals surface area (Å²) in [6.45, 7) is 1.14. The molecule has 1 atom stereocenters. The van der Waals surface area contributed by atoms with Gasteiger partial charge in [-0.15, -0.1) is 0 Å². The molecular weight excluding hydrogens is 321 g/mol. The monoisotopic (exact) mass is 337 g/mol. The highest BCUT2D eigenvalue weighted by atomic mass is 79.9. The lowest BCUT2D eigenvalue weighted by Gasteiger charge is -2.18. The normalized spacial score (nSPS) is 12.3. The number of benzene rings is 2. The van der Waals surface area contributed by atoms with Crippen LogP contribution < -0.4 is 5.32 Å². The zero-order valence-electron chi connectivity index (χ0n) is 11.3. The first kappa shape index (κ1) is 15.2. The van der Waals surface area contributed by atoms with E-state index >= 15 is 0 Å². The Labute approximate surface area is 127 Å². The molecule has 0 saturated carbocycles. The molecule has 1 unspecified atom stereocenters. The third-order valence-electron chi connectivity index (χ3n) is 2.97. The van der Waals surface area contributed by atoms with Crippen molar-refractivity contribution >= 4 is 15.9 Å². The summed E-state index contributed by atoms with van der Waals surface area (Å²) < 4.78 is 20.2. The molecule has 0 aromatic heterocycles. The number of hydrogen-bond acceptors (Lipinski definition) is 2. The second-order valence-corrected chi connectivity index (χ2v) is 5.45. The third-order valence-corrected chi connectivity index (χ3v) is 3.50. The average Bonchev–Trinajstić information content (AvgIpc) is 2.45. The molecule has 4 heteroatoms. The minimum atomic E-state index is -0.240. The topological polar surface area (TPSA) is 21.3 Å². The van der Waals surface area contributed by atoms with E-state index in [0.717, 1.165) is 15.6 Å². The summed E-state index contributed by atoms with van der Waals surface area (Å²) in [5.41, 5.74) is 1.93. The van der Waals surface area contributed by atoms with Crippen LogP contribution in [0.25, 0.3) is 0 Å². The lowest BCUT2D eigenvalue weighted by Crippen LogP contribution is -2.19. The number of hydrogen-bond donors (Lipinski definition) is 1. The maximum Gasteiger partial charge on any atom is 0.123 e. The van der Waals surface area contributed by atoms with Crippen molar-refractivity contribution in [3.05, 3.63) is 69.9 Å². The fourth-order valence-electron chi connectivity index (χ4n) is 1.94. The van der Waals surface area contributed by atoms with Gasteiger partial charge in [-0.25, -0.2) is 4.39 Å². The van der Waals surface area contributed by atoms with Gasteiger partial charge in [-0.1, -0.05) is 40.2 Å². The number of halogens is 2. The Morgan fingerprint density at radius 2 is 1.95 bits per heavy atom. The van der Waals surface area contributed by atoms with Crippen LogP contribution in [-0.2, 0) is 11.3 Å². The van der Waals surface area contributed by atoms with Crippen LogP contribution >= 0.6 is 15.9 Å². The molecule has 0 bridgehead atoms. The number of rotatable bonds is 6. The van der Waals surface area contributed by atoms with Gasteiger partial charge in [-0.2, -0.15) is 0 Å². The largest absolute Gasteiger partial charge is 0.368 e. The Kier molecular flexibility index (Phi) is 5.71. The first-order chi connectivity index (χ1) is 9.69. The Bertz CT molecular complexity index is 544. The molecule has 0 radical (unpaired) electrons. The maximum absolute atomic E-state index is 13.3. The summed E-state index contributed by atoms with van der Waals surface area (Å²) in [5, 5.41) is 3.08. The third kappa shape index (κ3) is 4.40. The first-order valence-corrected chi connectivity index (χ1v) is 7.24. The van der Waals surface area contributed by atoms with Gasteiger partial charge in [0.2, 0.25) is 0 Å². The fraction of sp³-hybridized carbons (Fsp3) is 0.250. The molecule has 2 aromatic carbocycles. The highest BCUT2D eigenvalue weighted by Gasteiger charge is 2.12. The van der Waals surface area contributed by atoms with Crippen LogP contribution in [0.4, 0.5) is 4.39 Å². The summed E-state index contributed by atoms with van der Waals surface area (Å²) in [6.07, 6.45) is -0.167. The van der Waals surface area contributed by atoms with E-state index in [-0.39, 0.29) is 11.9 Å². The van der Waals surface area contributed by atoms with Crippen molar-refractivity contribution in [2.24, 2.45) is 0 Å². The van der Waals surface area contributed by atoms with Crippen molar-refractivity contribution < 1.29 is 9.13 Å². The predicted molar refractivity (Wildman–Crippen MR) is 82.0 cm³/mol. The van der Waals surface area contributed by atoms with Crippen LogP contribution in [-0.4, -0.2) is 13.6 Å². The fourth-order valence-corrected chi connectivity index (χ4v) is 2.21. The molecule has 0 aliphatic heterocycles. The van der Waals surface area contributed by atoms with Gasteiger partial charge in [0.1, 0.15) is 5.82 Å². The molecule has 0 heterocycles. The zero-order chi connectivity index (χ0) is 14.4. The minimum Gasteiger partial charge on any atom is -0.368 e. The zero-order valence-corrected chi connectivity index (χ0v) is 12.9. The van der Waals surface area contributed by atoms with Gasteiger partial charge in [0.15, 0.2) is 0 Å². The minimum absolute atomic E-state index is 0.167. The number of likely N-dealkylation sites (N-methyl/N-ethyl adjacent to an activating group) is 1. The van der Waals surface area contributed by atoms with E-state index in [0.29, 0.717) is 13.2 Å². The summed E-state index contributed by atoms with van der Waals surface area (Å²) in [7, 11) is 1.86. The van der Waals surface area contributed by atoms with Crippen LogP contribution in [0, 0.1) is 5.82 Å². The molecule has 0 amide bonds. The van der Waals surface area contributed by atoms with E-state index in [2.05, 4.69) is 21.2 Å². The van der Waals surface area contributed by atoms with Gasteiger partial charge in [-0.05, 0) is 42.4 Å². The van der Waals surface area contributed by atoms with E-state index in [1.54, 1.807) is 6.07 Å². The van der Waals surface area contributed by atoms with E-state index < -0.39 is 0 Å². The van der Waals surface area contributed by atoms with Gasteiger partial charge in [0.05, 0.1) is 12.7 Å². The van der Waals surface area contributed by atoms with Crippen molar-refractivity contribution in [2.75, 3.05) is 13.6 Å². The maximum atomic E-state index is 13.3. The molecule has 1 N–H and O–H groups in total. The molecule has 0 spiro atoms. The Morgan fingerprint density at radius 3 is 2.60 bits per heavy atom. The Morgan fingerprint density at radius 1 is 1.20 bits per heavy atom. The van der Waals surface area contributed by atoms with E-state index in [9.17, 15) is 4.39 Å². The molecule has 0 fully saturated rings. The molecule has 0 saturated heterocycles. The number of ether oxygens (including phenoxy) is 1. The van der Waals surface area contributed by atoms with Crippen LogP contribution in [0.3, 0.4) is 0 Å². The molecular formula is C16H17BrFNO. The molecule has 0 aliphatic carbocycles. The van der Waals surface area contributed by atoms with E-state index in [4.69, 9.17) is 4.74 Å². The van der Waals surface area contributed by atoms with Crippen molar-refractivity contribution in [1.82, 2.24) is 5.32 Å². The van der Waals surface area contributed by atoms with Gasteiger partial charge in [0, 0.05) is 11.0 Å². The molecule has 2 nitrogen and oxygen atoms in total. The molecule has 20 heavy (non-hydrogen) atoms. The molecule has 2 aromatic rings. The highest BCUT2D eigenvalue weighted by molar-refractivity contribution is 9.10. The van der Waals surface area contributed by atoms with Crippen LogP contribution in [0.2, 0.25) is 0 Å². The predicted octanol–water partition coefficient (Wildman–Crippen LogP) is 4.07. The van der Waals surface area contributed by atoms with Crippen molar-refractivity contribution in [2.45, 2.75) is 12.7 Å². The smallest absolute Gasteiger partial charge is 0.123 e. The van der Waals surface area contributed by atoms with Crippen molar-refractivity contribution in [3.8, 4) is 0 Å². The summed E-state index contributed by atoms with van der Waals surface area (Å²) in [5.74, 6) is -0.240. The van der Waals surface area contributed by atoms with Crippen LogP contribution in [0.5, 0.6) is 0 Å². The van der Waals surface area contributed by atoms with E-state index in [1.807, 2.05) is 37.4 Å². The quantitative estimate of drug-likeness (QED) is 0.857. The van der Waals surface area contributed by atoms with Gasteiger partial charge in [0.25, 0.3) is 0 Å². The van der Waals surface area contributed by atoms with Gasteiger partial charge < -0.3 is 10.1 Å². The highest BCUT2D eigenvalue weighted by Crippen LogP contribution is 2.20. The van der Waals surface area contributed by atoms with Crippen LogP contribution in [0.1, 0.15) is 17.2 Å².